The highest BCUT2D eigenvalue weighted by atomic mass is 16.3. The summed E-state index contributed by atoms with van der Waals surface area (Å²) in [7, 11) is 0. The third-order valence-electron chi connectivity index (χ3n) is 3.68. The van der Waals surface area contributed by atoms with E-state index in [9.17, 15) is 14.4 Å². The number of nitrogens with one attached hydrogen (secondary N) is 1. The predicted octanol–water partition coefficient (Wildman–Crippen LogP) is 2.18. The molecule has 0 atom stereocenters. The van der Waals surface area contributed by atoms with Gasteiger partial charge in [0.05, 0.1) is 0 Å². The molecule has 25 heavy (non-hydrogen) atoms. The highest BCUT2D eigenvalue weighted by Gasteiger charge is 2.18. The lowest BCUT2D eigenvalue weighted by Gasteiger charge is -2.19. The van der Waals surface area contributed by atoms with Crippen LogP contribution in [0.3, 0.4) is 0 Å². The average Bonchev–Trinajstić information content (AvgIpc) is 3.02. The summed E-state index contributed by atoms with van der Waals surface area (Å²) in [5.74, 6) is -0.0654. The molecule has 0 saturated heterocycles. The molecule has 0 aliphatic rings. The number of nitrogens with zero attached hydrogens (tertiary/aromatic N) is 1. The lowest BCUT2D eigenvalue weighted by molar-refractivity contribution is -0.116. The number of aryl methyl sites for hydroxylation is 1. The number of anilines is 1. The number of furan rings is 1. The fourth-order valence-electron chi connectivity index (χ4n) is 2.29. The van der Waals surface area contributed by atoms with Gasteiger partial charge in [-0.3, -0.25) is 14.4 Å². The summed E-state index contributed by atoms with van der Waals surface area (Å²) in [6, 6.07) is 9.64. The van der Waals surface area contributed by atoms with Gasteiger partial charge in [0.1, 0.15) is 5.76 Å². The van der Waals surface area contributed by atoms with Gasteiger partial charge in [0, 0.05) is 30.8 Å². The first kappa shape index (κ1) is 18.3. The Balaban J connectivity index is 1.89. The minimum atomic E-state index is -0.525. The molecule has 0 aliphatic carbocycles. The quantitative estimate of drug-likeness (QED) is 0.803. The number of carbonyl (C=O) groups excluding carboxylic acids is 3. The van der Waals surface area contributed by atoms with E-state index >= 15 is 0 Å². The van der Waals surface area contributed by atoms with Gasteiger partial charge >= 0.3 is 0 Å². The second kappa shape index (κ2) is 8.14. The van der Waals surface area contributed by atoms with E-state index in [0.717, 1.165) is 0 Å². The molecule has 1 heterocycles. The summed E-state index contributed by atoms with van der Waals surface area (Å²) >= 11 is 0. The summed E-state index contributed by atoms with van der Waals surface area (Å²) in [6.45, 7) is 4.36. The molecule has 2 aromatic rings. The van der Waals surface area contributed by atoms with E-state index in [1.54, 1.807) is 48.2 Å². The highest BCUT2D eigenvalue weighted by Crippen LogP contribution is 2.12. The summed E-state index contributed by atoms with van der Waals surface area (Å²) in [5.41, 5.74) is 6.10. The van der Waals surface area contributed by atoms with E-state index in [1.165, 1.54) is 0 Å². The van der Waals surface area contributed by atoms with Crippen molar-refractivity contribution in [3.05, 3.63) is 53.5 Å². The number of carbonyl (C=O) groups is 3. The number of rotatable bonds is 7. The Kier molecular flexibility index (Phi) is 5.94. The average molecular weight is 343 g/mol. The van der Waals surface area contributed by atoms with E-state index in [4.69, 9.17) is 10.2 Å². The van der Waals surface area contributed by atoms with Gasteiger partial charge in [0.25, 0.3) is 5.91 Å². The standard InChI is InChI=1S/C18H21N3O4/c1-3-21(18(24)15-9-4-12(2)25-15)11-10-16(22)20-14-7-5-13(6-8-14)17(19)23/h4-9H,3,10-11H2,1-2H3,(H2,19,23)(H,20,22). The maximum Gasteiger partial charge on any atom is 0.289 e. The van der Waals surface area contributed by atoms with Crippen LogP contribution in [0, 0.1) is 6.92 Å². The van der Waals surface area contributed by atoms with Gasteiger partial charge in [0.2, 0.25) is 11.8 Å². The smallest absolute Gasteiger partial charge is 0.289 e. The molecule has 3 N–H and O–H groups in total. The van der Waals surface area contributed by atoms with Crippen LogP contribution in [0.5, 0.6) is 0 Å². The van der Waals surface area contributed by atoms with Crippen molar-refractivity contribution in [2.75, 3.05) is 18.4 Å². The number of primary amides is 1. The molecule has 0 saturated carbocycles. The van der Waals surface area contributed by atoms with Gasteiger partial charge in [-0.05, 0) is 50.2 Å². The largest absolute Gasteiger partial charge is 0.456 e. The van der Waals surface area contributed by atoms with Crippen molar-refractivity contribution in [2.45, 2.75) is 20.3 Å². The molecule has 0 fully saturated rings. The lowest BCUT2D eigenvalue weighted by atomic mass is 10.2. The van der Waals surface area contributed by atoms with Crippen molar-refractivity contribution in [1.29, 1.82) is 0 Å². The molecule has 0 spiro atoms. The van der Waals surface area contributed by atoms with E-state index < -0.39 is 5.91 Å². The molecule has 2 rings (SSSR count). The zero-order chi connectivity index (χ0) is 18.4. The van der Waals surface area contributed by atoms with Crippen molar-refractivity contribution in [3.63, 3.8) is 0 Å². The van der Waals surface area contributed by atoms with Crippen LogP contribution in [-0.2, 0) is 4.79 Å². The molecule has 7 nitrogen and oxygen atoms in total. The zero-order valence-electron chi connectivity index (χ0n) is 14.2. The fraction of sp³-hybridized carbons (Fsp3) is 0.278. The van der Waals surface area contributed by atoms with Crippen LogP contribution >= 0.6 is 0 Å². The molecule has 0 unspecified atom stereocenters. The third-order valence-corrected chi connectivity index (χ3v) is 3.68. The van der Waals surface area contributed by atoms with E-state index in [-0.39, 0.29) is 30.5 Å². The second-order valence-corrected chi connectivity index (χ2v) is 5.53. The number of hydrogen-bond acceptors (Lipinski definition) is 4. The Hall–Kier alpha value is -3.09. The van der Waals surface area contributed by atoms with Gasteiger partial charge in [-0.25, -0.2) is 0 Å². The minimum absolute atomic E-state index is 0.150. The Morgan fingerprint density at radius 3 is 2.32 bits per heavy atom. The van der Waals surface area contributed by atoms with Crippen molar-refractivity contribution < 1.29 is 18.8 Å². The molecule has 7 heteroatoms. The number of hydrogen-bond donors (Lipinski definition) is 2. The molecule has 1 aromatic heterocycles. The van der Waals surface area contributed by atoms with Gasteiger partial charge in [-0.15, -0.1) is 0 Å². The summed E-state index contributed by atoms with van der Waals surface area (Å²) in [5, 5.41) is 2.72. The Morgan fingerprint density at radius 1 is 1.12 bits per heavy atom. The summed E-state index contributed by atoms with van der Waals surface area (Å²) < 4.78 is 5.33. The monoisotopic (exact) mass is 343 g/mol. The summed E-state index contributed by atoms with van der Waals surface area (Å²) in [4.78, 5) is 36.9. The molecule has 3 amide bonds. The van der Waals surface area contributed by atoms with E-state index in [0.29, 0.717) is 23.6 Å². The molecule has 0 bridgehead atoms. The normalized spacial score (nSPS) is 10.3. The lowest BCUT2D eigenvalue weighted by Crippen LogP contribution is -2.33. The first-order valence-electron chi connectivity index (χ1n) is 7.96. The van der Waals surface area contributed by atoms with Gasteiger partial charge in [-0.2, -0.15) is 0 Å². The van der Waals surface area contributed by atoms with Crippen LogP contribution in [0.1, 0.15) is 40.0 Å². The first-order valence-corrected chi connectivity index (χ1v) is 7.96. The van der Waals surface area contributed by atoms with Gasteiger partial charge < -0.3 is 20.4 Å². The Bertz CT molecular complexity index is 765. The van der Waals surface area contributed by atoms with Crippen molar-refractivity contribution in [2.24, 2.45) is 5.73 Å². The molecule has 132 valence electrons. The molecule has 1 aromatic carbocycles. The van der Waals surface area contributed by atoms with Crippen molar-refractivity contribution >= 4 is 23.4 Å². The minimum Gasteiger partial charge on any atom is -0.456 e. The summed E-state index contributed by atoms with van der Waals surface area (Å²) in [6.07, 6.45) is 0.150. The predicted molar refractivity (Wildman–Crippen MR) is 93.2 cm³/mol. The molecular weight excluding hydrogens is 322 g/mol. The zero-order valence-corrected chi connectivity index (χ0v) is 14.2. The second-order valence-electron chi connectivity index (χ2n) is 5.53. The topological polar surface area (TPSA) is 106 Å². The van der Waals surface area contributed by atoms with Crippen LogP contribution in [0.4, 0.5) is 5.69 Å². The molecule has 0 aliphatic heterocycles. The first-order chi connectivity index (χ1) is 11.9. The third kappa shape index (κ3) is 4.94. The maximum absolute atomic E-state index is 12.3. The van der Waals surface area contributed by atoms with Crippen LogP contribution < -0.4 is 11.1 Å². The van der Waals surface area contributed by atoms with E-state index in [2.05, 4.69) is 5.32 Å². The van der Waals surface area contributed by atoms with Gasteiger partial charge in [-0.1, -0.05) is 0 Å². The Morgan fingerprint density at radius 2 is 1.80 bits per heavy atom. The number of benzene rings is 1. The SMILES string of the molecule is CCN(CCC(=O)Nc1ccc(C(N)=O)cc1)C(=O)c1ccc(C)o1. The van der Waals surface area contributed by atoms with Crippen LogP contribution in [0.25, 0.3) is 0 Å². The van der Waals surface area contributed by atoms with Gasteiger partial charge in [0.15, 0.2) is 5.76 Å². The van der Waals surface area contributed by atoms with Crippen LogP contribution in [0.2, 0.25) is 0 Å². The fourth-order valence-corrected chi connectivity index (χ4v) is 2.29. The molecule has 0 radical (unpaired) electrons. The number of amides is 3. The van der Waals surface area contributed by atoms with Crippen molar-refractivity contribution in [3.8, 4) is 0 Å². The van der Waals surface area contributed by atoms with Crippen LogP contribution in [0.15, 0.2) is 40.8 Å². The van der Waals surface area contributed by atoms with Crippen LogP contribution in [-0.4, -0.2) is 35.7 Å². The Labute approximate surface area is 145 Å². The highest BCUT2D eigenvalue weighted by molar-refractivity contribution is 5.95. The van der Waals surface area contributed by atoms with E-state index in [1.807, 2.05) is 6.92 Å². The maximum atomic E-state index is 12.3. The molecular formula is C18H21N3O4. The van der Waals surface area contributed by atoms with Crippen molar-refractivity contribution in [1.82, 2.24) is 4.90 Å². The number of nitrogens with two attached hydrogens (primary N) is 1.